The number of aromatic carboxylic acids is 1. The number of nitrogens with two attached hydrogens (primary N) is 1. The predicted molar refractivity (Wildman–Crippen MR) is 372 cm³/mol. The SMILES string of the molecule is N#Cc1ccc(N)cc1.O=COc1ccc(-[n+]2ccc(-c3cc[n+](-c4ccc(C(=O)O)cc4)cc3)cc2)cc1.O=[N+]([O-])c1ccc(-[n+]2ccc(-c3cc[n+](-c4ccc([N+](=O)[O-])cc4[N+](=O)[O-])cc3)cc2)c([N+](=O)[O-])c1.[C-]#[N+]c1ccc(-[n+]2ccc(-c3cc[n+](-c4ccc(C#N)cc4)cc3)cc2)cc1.[Cl-].[Cl-].[Cl-].[Cl-].[Cl-].[Cl-]. The van der Waals surface area contributed by atoms with E-state index < -0.39 is 48.4 Å². The number of nitro groups is 4. The molecule has 0 aliphatic heterocycles. The Morgan fingerprint density at radius 1 is 0.404 bits per heavy atom. The van der Waals surface area contributed by atoms with Crippen molar-refractivity contribution in [2.45, 2.75) is 0 Å². The van der Waals surface area contributed by atoms with E-state index >= 15 is 0 Å². The molecule has 0 aliphatic carbocycles. The number of benzene rings is 7. The summed E-state index contributed by atoms with van der Waals surface area (Å²) in [6.45, 7) is 7.44. The smallest absolute Gasteiger partial charge is 0.347 e. The highest BCUT2D eigenvalue weighted by molar-refractivity contribution is 5.87. The number of rotatable bonds is 16. The maximum Gasteiger partial charge on any atom is 0.347 e. The predicted octanol–water partition coefficient (Wildman–Crippen LogP) is -5.83. The van der Waals surface area contributed by atoms with E-state index in [2.05, 4.69) is 35.2 Å². The van der Waals surface area contributed by atoms with E-state index in [1.165, 1.54) is 33.4 Å². The largest absolute Gasteiger partial charge is 1.00 e. The molecule has 0 spiro atoms. The number of carboxylic acids is 1. The summed E-state index contributed by atoms with van der Waals surface area (Å²) in [5.41, 5.74) is 16.6. The molecule has 0 saturated heterocycles. The van der Waals surface area contributed by atoms with E-state index in [0.29, 0.717) is 34.7 Å². The van der Waals surface area contributed by atoms with Crippen LogP contribution in [-0.4, -0.2) is 37.2 Å². The van der Waals surface area contributed by atoms with Gasteiger partial charge in [0.05, 0.1) is 55.1 Å². The lowest BCUT2D eigenvalue weighted by molar-refractivity contribution is -0.601. The van der Waals surface area contributed by atoms with Gasteiger partial charge in [0.1, 0.15) is 17.9 Å². The van der Waals surface area contributed by atoms with Gasteiger partial charge >= 0.3 is 17.3 Å². The zero-order chi connectivity index (χ0) is 72.9. The lowest BCUT2D eigenvalue weighted by atomic mass is 10.1. The molecule has 0 bridgehead atoms. The van der Waals surface area contributed by atoms with Gasteiger partial charge in [-0.2, -0.15) is 37.9 Å². The zero-order valence-electron chi connectivity index (χ0n) is 56.0. The second kappa shape index (κ2) is 41.5. The van der Waals surface area contributed by atoms with Gasteiger partial charge in [0.2, 0.25) is 22.7 Å². The van der Waals surface area contributed by atoms with Crippen LogP contribution in [0.15, 0.2) is 305 Å². The van der Waals surface area contributed by atoms with Crippen LogP contribution in [-0.2, 0) is 4.79 Å². The summed E-state index contributed by atoms with van der Waals surface area (Å²) < 4.78 is 15.7. The minimum Gasteiger partial charge on any atom is -1.00 e. The van der Waals surface area contributed by atoms with Gasteiger partial charge in [-0.3, -0.25) is 45.3 Å². The quantitative estimate of drug-likeness (QED) is 0.0227. The first-order valence-electron chi connectivity index (χ1n) is 30.6. The molecular weight excluding hydrogens is 1530 g/mol. The van der Waals surface area contributed by atoms with Crippen molar-refractivity contribution in [3.8, 4) is 85.4 Å². The molecule has 0 radical (unpaired) electrons. The van der Waals surface area contributed by atoms with Crippen LogP contribution in [0.4, 0.5) is 34.1 Å². The number of non-ortho nitro benzene ring substituents is 2. The van der Waals surface area contributed by atoms with Crippen molar-refractivity contribution < 1.29 is 141 Å². The third kappa shape index (κ3) is 22.7. The summed E-state index contributed by atoms with van der Waals surface area (Å²) in [4.78, 5) is 66.7. The van der Waals surface area contributed by atoms with Gasteiger partial charge in [-0.05, 0) is 118 Å². The first-order chi connectivity index (χ1) is 49.9. The molecule has 546 valence electrons. The summed E-state index contributed by atoms with van der Waals surface area (Å²) in [6, 6.07) is 69.7. The van der Waals surface area contributed by atoms with Crippen molar-refractivity contribution in [2.75, 3.05) is 5.73 Å². The number of ether oxygens (including phenoxy) is 1. The van der Waals surface area contributed by atoms with Crippen LogP contribution in [0.3, 0.4) is 0 Å². The van der Waals surface area contributed by atoms with Crippen LogP contribution < -0.4 is 112 Å². The van der Waals surface area contributed by atoms with Crippen LogP contribution in [0.2, 0.25) is 0 Å². The number of nitriles is 2. The number of halogens is 6. The third-order valence-corrected chi connectivity index (χ3v) is 15.6. The summed E-state index contributed by atoms with van der Waals surface area (Å²) in [5, 5.41) is 71.0. The van der Waals surface area contributed by atoms with Crippen molar-refractivity contribution in [1.82, 2.24) is 0 Å². The number of anilines is 1. The molecule has 0 fully saturated rings. The normalized spacial score (nSPS) is 9.62. The molecule has 13 aromatic rings. The highest BCUT2D eigenvalue weighted by atomic mass is 35.5. The average molecular weight is 1580 g/mol. The number of carbonyl (C=O) groups is 2. The Morgan fingerprint density at radius 3 is 0.945 bits per heavy atom. The maximum absolute atomic E-state index is 11.4. The van der Waals surface area contributed by atoms with E-state index in [9.17, 15) is 50.0 Å². The van der Waals surface area contributed by atoms with Gasteiger partial charge in [-0.15, -0.1) is 0 Å². The molecule has 32 heteroatoms. The molecule has 0 aliphatic rings. The fraction of sp³-hybridized carbons (Fsp3) is 0. The Hall–Kier alpha value is -14.0. The lowest BCUT2D eigenvalue weighted by Gasteiger charge is -2.02. The van der Waals surface area contributed by atoms with Gasteiger partial charge in [-0.25, -0.2) is 9.64 Å². The molecule has 0 saturated carbocycles. The Balaban J connectivity index is 0.000000319. The van der Waals surface area contributed by atoms with E-state index in [0.717, 1.165) is 68.3 Å². The number of nitrogen functional groups attached to an aromatic ring is 1. The molecule has 6 aromatic heterocycles. The number of carbonyl (C=O) groups excluding carboxylic acids is 1. The van der Waals surface area contributed by atoms with Crippen molar-refractivity contribution >= 4 is 46.6 Å². The second-order valence-corrected chi connectivity index (χ2v) is 21.9. The first kappa shape index (κ1) is 87.4. The number of nitrogens with zero attached hydrogens (tertiary/aromatic N) is 13. The Bertz CT molecular complexity index is 5210. The van der Waals surface area contributed by atoms with Crippen LogP contribution in [0.1, 0.15) is 21.5 Å². The summed E-state index contributed by atoms with van der Waals surface area (Å²) in [6.07, 6.45) is 22.1. The molecule has 7 aromatic carbocycles. The minimum absolute atomic E-state index is 0. The Kier molecular flexibility index (Phi) is 33.3. The molecule has 13 rings (SSSR count). The summed E-state index contributed by atoms with van der Waals surface area (Å²) >= 11 is 0. The summed E-state index contributed by atoms with van der Waals surface area (Å²) in [7, 11) is 0. The fourth-order valence-electron chi connectivity index (χ4n) is 10.2. The Labute approximate surface area is 658 Å². The van der Waals surface area contributed by atoms with Crippen molar-refractivity contribution in [1.29, 1.82) is 10.5 Å². The highest BCUT2D eigenvalue weighted by Gasteiger charge is 2.28. The standard InChI is InChI=1S/C24H16N4.C24H17N2O4.C22H14N6O8.C7H6N2.6ClH/c1-26-22-4-8-24(9-5-22)28-16-12-21(13-17-28)20-10-14-27(15-11-20)23-6-2-19(18-25)3-7-23;27-17-30-23-7-5-22(6-8-23)26-15-11-19(12-16-26)18-9-13-25(14-10-18)21-3-1-20(2-4-21)24(28)29;29-25(30)17-1-3-19(21(13-17)27(33)34)23-9-5-15(6-10-23)16-7-11-24(12-8-16)20-4-2-18(26(31)32)14-22(20)28(35)36;8-5-6-1-3-7(9)4-2-6;;;;;;/h2-17H;1-17H;1-14H;1-4H,9H2;6*1H/q+2;+1;+2;;;;;;;/p-5. The highest BCUT2D eigenvalue weighted by Crippen LogP contribution is 2.28. The average Bonchev–Trinajstić information content (AvgIpc) is 0.780. The minimum atomic E-state index is -0.937. The van der Waals surface area contributed by atoms with E-state index in [1.807, 2.05) is 159 Å². The molecule has 0 atom stereocenters. The van der Waals surface area contributed by atoms with Gasteiger partial charge in [0.25, 0.3) is 29.2 Å². The van der Waals surface area contributed by atoms with Crippen molar-refractivity contribution in [3.05, 3.63) is 373 Å². The second-order valence-electron chi connectivity index (χ2n) is 21.9. The maximum atomic E-state index is 11.4. The number of hydrogen-bond acceptors (Lipinski definition) is 14. The molecule has 109 heavy (non-hydrogen) atoms. The molecule has 3 N–H and O–H groups in total. The number of carboxylic acid groups (broad SMARTS) is 1. The van der Waals surface area contributed by atoms with Gasteiger partial charge < -0.3 is 90.0 Å². The van der Waals surface area contributed by atoms with E-state index in [-0.39, 0.29) is 91.4 Å². The molecule has 26 nitrogen and oxygen atoms in total. The Morgan fingerprint density at radius 2 is 0.679 bits per heavy atom. The number of aromatic nitrogens is 6. The fourth-order valence-corrected chi connectivity index (χ4v) is 10.2. The first-order valence-corrected chi connectivity index (χ1v) is 30.6. The monoisotopic (exact) mass is 1580 g/mol. The van der Waals surface area contributed by atoms with Crippen LogP contribution >= 0.6 is 0 Å². The zero-order valence-corrected chi connectivity index (χ0v) is 60.6. The van der Waals surface area contributed by atoms with Gasteiger partial charge in [-0.1, -0.05) is 0 Å². The van der Waals surface area contributed by atoms with E-state index in [4.69, 9.17) is 32.7 Å². The number of pyridine rings is 6. The number of nitro benzene ring substituents is 4. The molecule has 0 unspecified atom stereocenters. The van der Waals surface area contributed by atoms with Crippen molar-refractivity contribution in [2.24, 2.45) is 0 Å². The van der Waals surface area contributed by atoms with Crippen LogP contribution in [0.25, 0.3) is 72.4 Å². The van der Waals surface area contributed by atoms with Gasteiger partial charge in [0, 0.05) is 139 Å². The lowest BCUT2D eigenvalue weighted by Crippen LogP contribution is -3.00. The van der Waals surface area contributed by atoms with E-state index in [1.54, 1.807) is 110 Å². The van der Waals surface area contributed by atoms with Crippen LogP contribution in [0, 0.1) is 69.7 Å². The molecule has 0 amide bonds. The molecular formula is C77H54Cl6N14O12. The molecule has 6 heterocycles. The van der Waals surface area contributed by atoms with Crippen LogP contribution in [0.5, 0.6) is 5.75 Å². The van der Waals surface area contributed by atoms with Crippen molar-refractivity contribution in [3.63, 3.8) is 0 Å². The topological polar surface area (TPSA) is 337 Å². The van der Waals surface area contributed by atoms with Gasteiger partial charge in [0.15, 0.2) is 80.0 Å². The summed E-state index contributed by atoms with van der Waals surface area (Å²) in [5.74, 6) is -0.436. The third-order valence-electron chi connectivity index (χ3n) is 15.6. The number of hydrogen-bond donors (Lipinski definition) is 2.